The predicted octanol–water partition coefficient (Wildman–Crippen LogP) is 3.98. The minimum atomic E-state index is -0.254. The van der Waals surface area contributed by atoms with E-state index in [1.54, 1.807) is 6.07 Å². The second kappa shape index (κ2) is 8.19. The summed E-state index contributed by atoms with van der Waals surface area (Å²) in [6, 6.07) is 12.2. The van der Waals surface area contributed by atoms with Gasteiger partial charge in [0.2, 0.25) is 0 Å². The quantitative estimate of drug-likeness (QED) is 0.658. The Bertz CT molecular complexity index is 998. The average Bonchev–Trinajstić information content (AvgIpc) is 3.45. The van der Waals surface area contributed by atoms with Gasteiger partial charge in [0.1, 0.15) is 5.82 Å². The van der Waals surface area contributed by atoms with Gasteiger partial charge in [-0.2, -0.15) is 0 Å². The van der Waals surface area contributed by atoms with Crippen LogP contribution in [0.2, 0.25) is 0 Å². The largest absolute Gasteiger partial charge is 0.328 e. The third kappa shape index (κ3) is 4.39. The van der Waals surface area contributed by atoms with E-state index in [1.807, 2.05) is 39.8 Å². The molecule has 0 bridgehead atoms. The number of rotatable bonds is 7. The van der Waals surface area contributed by atoms with Crippen molar-refractivity contribution in [3.05, 3.63) is 65.9 Å². The summed E-state index contributed by atoms with van der Waals surface area (Å²) in [6.45, 7) is 4.68. The van der Waals surface area contributed by atoms with Crippen molar-refractivity contribution >= 4 is 11.7 Å². The maximum Gasteiger partial charge on any atom is 0.318 e. The number of nitrogens with zero attached hydrogens (tertiary/aromatic N) is 4. The van der Waals surface area contributed by atoms with Gasteiger partial charge in [-0.05, 0) is 55.0 Å². The Morgan fingerprint density at radius 2 is 2.07 bits per heavy atom. The fourth-order valence-electron chi connectivity index (χ4n) is 3.60. The molecule has 1 N–H and O–H groups in total. The van der Waals surface area contributed by atoms with Gasteiger partial charge in [-0.3, -0.25) is 4.40 Å². The lowest BCUT2D eigenvalue weighted by atomic mass is 10.0. The fourth-order valence-corrected chi connectivity index (χ4v) is 3.60. The van der Waals surface area contributed by atoms with E-state index in [-0.39, 0.29) is 29.8 Å². The molecule has 0 spiro atoms. The van der Waals surface area contributed by atoms with Crippen LogP contribution in [0, 0.1) is 11.7 Å². The summed E-state index contributed by atoms with van der Waals surface area (Å²) in [7, 11) is 0. The molecule has 1 atom stereocenters. The standard InChI is InChI=1S/C22H26FN5O/c1-15(2)20(21-26-25-19-8-3-4-12-28(19)21)24-22(29)27(18-9-10-18)13-11-16-6-5-7-17(23)14-16/h3-8,12,14-15,18,20H,9-11,13H2,1-2H3,(H,24,29)/t20-/m0/s1. The van der Waals surface area contributed by atoms with Crippen molar-refractivity contribution in [3.8, 4) is 0 Å². The third-order valence-electron chi connectivity index (χ3n) is 5.34. The van der Waals surface area contributed by atoms with Crippen molar-refractivity contribution in [3.63, 3.8) is 0 Å². The molecule has 0 radical (unpaired) electrons. The molecule has 1 aliphatic rings. The molecule has 152 valence electrons. The molecule has 6 nitrogen and oxygen atoms in total. The molecule has 1 saturated carbocycles. The number of hydrogen-bond acceptors (Lipinski definition) is 3. The first-order chi connectivity index (χ1) is 14.0. The smallest absolute Gasteiger partial charge is 0.318 e. The van der Waals surface area contributed by atoms with E-state index >= 15 is 0 Å². The number of amides is 2. The Labute approximate surface area is 169 Å². The van der Waals surface area contributed by atoms with Gasteiger partial charge in [-0.15, -0.1) is 10.2 Å². The van der Waals surface area contributed by atoms with Gasteiger partial charge in [-0.1, -0.05) is 32.0 Å². The van der Waals surface area contributed by atoms with Crippen LogP contribution in [0.25, 0.3) is 5.65 Å². The number of carbonyl (C=O) groups is 1. The highest BCUT2D eigenvalue weighted by atomic mass is 19.1. The molecular weight excluding hydrogens is 369 g/mol. The van der Waals surface area contributed by atoms with E-state index in [1.165, 1.54) is 12.1 Å². The number of halogens is 1. The SMILES string of the molecule is CC(C)[C@H](NC(=O)N(CCc1cccc(F)c1)C1CC1)c1nnc2ccccn12. The predicted molar refractivity (Wildman–Crippen MR) is 109 cm³/mol. The molecule has 4 rings (SSSR count). The summed E-state index contributed by atoms with van der Waals surface area (Å²) in [4.78, 5) is 15.0. The first-order valence-corrected chi connectivity index (χ1v) is 10.1. The number of hydrogen-bond donors (Lipinski definition) is 1. The molecule has 29 heavy (non-hydrogen) atoms. The third-order valence-corrected chi connectivity index (χ3v) is 5.34. The molecule has 2 amide bonds. The number of carbonyl (C=O) groups excluding carboxylic acids is 1. The van der Waals surface area contributed by atoms with Crippen LogP contribution in [0.1, 0.15) is 44.1 Å². The van der Waals surface area contributed by atoms with Gasteiger partial charge < -0.3 is 10.2 Å². The van der Waals surface area contributed by atoms with Crippen LogP contribution >= 0.6 is 0 Å². The van der Waals surface area contributed by atoms with Crippen molar-refractivity contribution in [1.29, 1.82) is 0 Å². The monoisotopic (exact) mass is 395 g/mol. The Hall–Kier alpha value is -2.96. The number of fused-ring (bicyclic) bond motifs is 1. The first-order valence-electron chi connectivity index (χ1n) is 10.1. The van der Waals surface area contributed by atoms with Crippen LogP contribution in [0.4, 0.5) is 9.18 Å². The van der Waals surface area contributed by atoms with Crippen LogP contribution in [0.3, 0.4) is 0 Å². The lowest BCUT2D eigenvalue weighted by Crippen LogP contribution is -2.45. The molecule has 2 aromatic heterocycles. The normalized spacial score (nSPS) is 14.9. The van der Waals surface area contributed by atoms with E-state index in [0.717, 1.165) is 29.9 Å². The summed E-state index contributed by atoms with van der Waals surface area (Å²) in [6.07, 6.45) is 4.56. The highest BCUT2D eigenvalue weighted by Gasteiger charge is 2.34. The molecule has 1 aliphatic carbocycles. The highest BCUT2D eigenvalue weighted by molar-refractivity contribution is 5.75. The van der Waals surface area contributed by atoms with Crippen molar-refractivity contribution in [2.24, 2.45) is 5.92 Å². The van der Waals surface area contributed by atoms with E-state index in [2.05, 4.69) is 29.4 Å². The van der Waals surface area contributed by atoms with Gasteiger partial charge in [0.05, 0.1) is 6.04 Å². The number of pyridine rings is 1. The minimum Gasteiger partial charge on any atom is -0.328 e. The average molecular weight is 395 g/mol. The zero-order chi connectivity index (χ0) is 20.4. The fraction of sp³-hybridized carbons (Fsp3) is 0.409. The van der Waals surface area contributed by atoms with E-state index in [4.69, 9.17) is 0 Å². The maximum atomic E-state index is 13.5. The van der Waals surface area contributed by atoms with Crippen molar-refractivity contribution in [2.75, 3.05) is 6.54 Å². The van der Waals surface area contributed by atoms with Crippen molar-refractivity contribution in [2.45, 2.75) is 45.2 Å². The summed E-state index contributed by atoms with van der Waals surface area (Å²) >= 11 is 0. The highest BCUT2D eigenvalue weighted by Crippen LogP contribution is 2.28. The molecule has 7 heteroatoms. The lowest BCUT2D eigenvalue weighted by Gasteiger charge is -2.27. The van der Waals surface area contributed by atoms with E-state index in [0.29, 0.717) is 13.0 Å². The van der Waals surface area contributed by atoms with E-state index in [9.17, 15) is 9.18 Å². The topological polar surface area (TPSA) is 62.5 Å². The van der Waals surface area contributed by atoms with Gasteiger partial charge in [0, 0.05) is 18.8 Å². The second-order valence-electron chi connectivity index (χ2n) is 7.96. The summed E-state index contributed by atoms with van der Waals surface area (Å²) in [5.74, 6) is 0.629. The molecule has 0 saturated heterocycles. The van der Waals surface area contributed by atoms with Gasteiger partial charge in [-0.25, -0.2) is 9.18 Å². The van der Waals surface area contributed by atoms with Crippen LogP contribution in [-0.4, -0.2) is 38.1 Å². The summed E-state index contributed by atoms with van der Waals surface area (Å²) in [5, 5.41) is 11.7. The first kappa shape index (κ1) is 19.4. The number of urea groups is 1. The summed E-state index contributed by atoms with van der Waals surface area (Å²) in [5.41, 5.74) is 1.65. The summed E-state index contributed by atoms with van der Waals surface area (Å²) < 4.78 is 15.4. The Morgan fingerprint density at radius 3 is 2.79 bits per heavy atom. The Kier molecular flexibility index (Phi) is 5.47. The van der Waals surface area contributed by atoms with Gasteiger partial charge in [0.15, 0.2) is 11.5 Å². The molecule has 0 aliphatic heterocycles. The van der Waals surface area contributed by atoms with Gasteiger partial charge >= 0.3 is 6.03 Å². The van der Waals surface area contributed by atoms with Crippen molar-refractivity contribution < 1.29 is 9.18 Å². The van der Waals surface area contributed by atoms with Crippen LogP contribution in [0.15, 0.2) is 48.7 Å². The van der Waals surface area contributed by atoms with E-state index < -0.39 is 0 Å². The molecule has 2 heterocycles. The number of nitrogens with one attached hydrogen (secondary N) is 1. The van der Waals surface area contributed by atoms with Gasteiger partial charge in [0.25, 0.3) is 0 Å². The Morgan fingerprint density at radius 1 is 1.24 bits per heavy atom. The Balaban J connectivity index is 1.49. The molecule has 1 aromatic carbocycles. The molecule has 3 aromatic rings. The number of benzene rings is 1. The molecule has 0 unspecified atom stereocenters. The van der Waals surface area contributed by atoms with Crippen LogP contribution < -0.4 is 5.32 Å². The van der Waals surface area contributed by atoms with Crippen LogP contribution in [-0.2, 0) is 6.42 Å². The second-order valence-corrected chi connectivity index (χ2v) is 7.96. The van der Waals surface area contributed by atoms with Crippen molar-refractivity contribution in [1.82, 2.24) is 24.8 Å². The maximum absolute atomic E-state index is 13.5. The molecular formula is C22H26FN5O. The number of aromatic nitrogens is 3. The van der Waals surface area contributed by atoms with Crippen LogP contribution in [0.5, 0.6) is 0 Å². The minimum absolute atomic E-state index is 0.102. The zero-order valence-electron chi connectivity index (χ0n) is 16.8. The zero-order valence-corrected chi connectivity index (χ0v) is 16.8. The lowest BCUT2D eigenvalue weighted by molar-refractivity contribution is 0.186. The molecule has 1 fully saturated rings.